The molecule has 0 amide bonds. The second-order valence-electron chi connectivity index (χ2n) is 3.46. The van der Waals surface area contributed by atoms with Gasteiger partial charge in [0.1, 0.15) is 11.5 Å². The first-order valence-electron chi connectivity index (χ1n) is 4.63. The average molecular weight is 220 g/mol. The molecule has 1 aromatic carbocycles. The number of benzene rings is 1. The second-order valence-corrected chi connectivity index (χ2v) is 3.46. The van der Waals surface area contributed by atoms with Crippen molar-refractivity contribution in [2.24, 2.45) is 0 Å². The van der Waals surface area contributed by atoms with Gasteiger partial charge in [0.25, 0.3) is 0 Å². The summed E-state index contributed by atoms with van der Waals surface area (Å²) in [5.74, 6) is -1.54. The monoisotopic (exact) mass is 220 g/mol. The number of hydrogen-bond acceptors (Lipinski definition) is 2. The molecule has 1 heterocycles. The number of carboxylic acid groups (broad SMARTS) is 1. The quantitative estimate of drug-likeness (QED) is 0.815. The molecule has 0 unspecified atom stereocenters. The zero-order chi connectivity index (χ0) is 11.7. The summed E-state index contributed by atoms with van der Waals surface area (Å²) in [6.07, 6.45) is 0. The van der Waals surface area contributed by atoms with E-state index in [9.17, 15) is 9.18 Å². The molecule has 2 N–H and O–H groups in total. The summed E-state index contributed by atoms with van der Waals surface area (Å²) >= 11 is 0. The summed E-state index contributed by atoms with van der Waals surface area (Å²) in [4.78, 5) is 10.6. The number of aromatic amines is 1. The molecule has 2 rings (SSSR count). The summed E-state index contributed by atoms with van der Waals surface area (Å²) in [6, 6.07) is 5.90. The van der Waals surface area contributed by atoms with Gasteiger partial charge < -0.3 is 5.11 Å². The van der Waals surface area contributed by atoms with Gasteiger partial charge in [-0.05, 0) is 25.1 Å². The van der Waals surface area contributed by atoms with Gasteiger partial charge in [0.15, 0.2) is 0 Å². The molecule has 0 aliphatic heterocycles. The molecule has 0 atom stereocenters. The third-order valence-corrected chi connectivity index (χ3v) is 2.21. The molecule has 0 saturated carbocycles. The van der Waals surface area contributed by atoms with E-state index >= 15 is 0 Å². The number of nitrogens with one attached hydrogen (secondary N) is 1. The normalized spacial score (nSPS) is 10.4. The van der Waals surface area contributed by atoms with Crippen LogP contribution in [0, 0.1) is 12.7 Å². The summed E-state index contributed by atoms with van der Waals surface area (Å²) in [6.45, 7) is 1.83. The lowest BCUT2D eigenvalue weighted by Crippen LogP contribution is -1.95. The Morgan fingerprint density at radius 3 is 2.81 bits per heavy atom. The van der Waals surface area contributed by atoms with Gasteiger partial charge in [0.2, 0.25) is 0 Å². The highest BCUT2D eigenvalue weighted by Gasteiger charge is 2.12. The van der Waals surface area contributed by atoms with Crippen molar-refractivity contribution in [2.75, 3.05) is 0 Å². The summed E-state index contributed by atoms with van der Waals surface area (Å²) < 4.78 is 13.5. The lowest BCUT2D eigenvalue weighted by molar-refractivity contribution is 0.0690. The van der Waals surface area contributed by atoms with Crippen LogP contribution in [0.5, 0.6) is 0 Å². The minimum atomic E-state index is -1.12. The maximum Gasteiger partial charge on any atom is 0.353 e. The molecule has 0 spiro atoms. The molecule has 82 valence electrons. The number of H-pyrrole nitrogens is 1. The molecule has 1 aromatic heterocycles. The maximum absolute atomic E-state index is 13.5. The van der Waals surface area contributed by atoms with Gasteiger partial charge in [-0.25, -0.2) is 9.18 Å². The summed E-state index contributed by atoms with van der Waals surface area (Å²) in [5, 5.41) is 14.8. The third-order valence-electron chi connectivity index (χ3n) is 2.21. The van der Waals surface area contributed by atoms with E-state index in [4.69, 9.17) is 5.11 Å². The van der Waals surface area contributed by atoms with Crippen LogP contribution in [0.3, 0.4) is 0 Å². The number of carbonyl (C=O) groups is 1. The van der Waals surface area contributed by atoms with Crippen LogP contribution >= 0.6 is 0 Å². The predicted molar refractivity (Wildman–Crippen MR) is 55.7 cm³/mol. The Labute approximate surface area is 90.7 Å². The Hall–Kier alpha value is -2.17. The van der Waals surface area contributed by atoms with Crippen LogP contribution in [0.25, 0.3) is 11.3 Å². The van der Waals surface area contributed by atoms with E-state index in [2.05, 4.69) is 10.2 Å². The summed E-state index contributed by atoms with van der Waals surface area (Å²) in [7, 11) is 0. The van der Waals surface area contributed by atoms with Crippen LogP contribution < -0.4 is 0 Å². The van der Waals surface area contributed by atoms with E-state index in [0.717, 1.165) is 5.56 Å². The lowest BCUT2D eigenvalue weighted by atomic mass is 10.1. The highest BCUT2D eigenvalue weighted by Crippen LogP contribution is 2.22. The van der Waals surface area contributed by atoms with E-state index in [-0.39, 0.29) is 5.69 Å². The van der Waals surface area contributed by atoms with E-state index in [1.165, 1.54) is 12.1 Å². The van der Waals surface area contributed by atoms with Crippen molar-refractivity contribution < 1.29 is 14.3 Å². The number of aryl methyl sites for hydroxylation is 1. The number of nitrogens with zero attached hydrogens (tertiary/aromatic N) is 1. The molecule has 0 aliphatic rings. The average Bonchev–Trinajstić information content (AvgIpc) is 2.70. The Kier molecular flexibility index (Phi) is 2.44. The fourth-order valence-electron chi connectivity index (χ4n) is 1.40. The third kappa shape index (κ3) is 1.79. The molecule has 5 heteroatoms. The van der Waals surface area contributed by atoms with E-state index in [0.29, 0.717) is 11.3 Å². The van der Waals surface area contributed by atoms with Crippen molar-refractivity contribution in [3.63, 3.8) is 0 Å². The first kappa shape index (κ1) is 10.4. The molecular weight excluding hydrogens is 211 g/mol. The van der Waals surface area contributed by atoms with Crippen molar-refractivity contribution in [3.8, 4) is 11.3 Å². The van der Waals surface area contributed by atoms with Gasteiger partial charge in [0, 0.05) is 5.56 Å². The van der Waals surface area contributed by atoms with E-state index in [1.807, 2.05) is 6.92 Å². The van der Waals surface area contributed by atoms with Crippen molar-refractivity contribution >= 4 is 5.97 Å². The fourth-order valence-corrected chi connectivity index (χ4v) is 1.40. The van der Waals surface area contributed by atoms with Crippen LogP contribution in [0.1, 0.15) is 16.1 Å². The van der Waals surface area contributed by atoms with E-state index in [1.54, 1.807) is 12.1 Å². The highest BCUT2D eigenvalue weighted by molar-refractivity contribution is 5.86. The number of aromatic carboxylic acids is 1. The van der Waals surface area contributed by atoms with Gasteiger partial charge in [-0.15, -0.1) is 0 Å². The Bertz CT molecular complexity index is 549. The number of rotatable bonds is 2. The second kappa shape index (κ2) is 3.77. The van der Waals surface area contributed by atoms with Crippen molar-refractivity contribution in [1.82, 2.24) is 10.2 Å². The molecule has 4 nitrogen and oxygen atoms in total. The SMILES string of the molecule is Cc1ccc(F)c(-c2cc(C(=O)O)[nH]n2)c1. The number of carboxylic acids is 1. The maximum atomic E-state index is 13.5. The Balaban J connectivity index is 2.50. The van der Waals surface area contributed by atoms with Crippen LogP contribution in [-0.2, 0) is 0 Å². The zero-order valence-electron chi connectivity index (χ0n) is 8.49. The molecule has 0 saturated heterocycles. The molecule has 0 radical (unpaired) electrons. The van der Waals surface area contributed by atoms with Gasteiger partial charge in [-0.2, -0.15) is 5.10 Å². The zero-order valence-corrected chi connectivity index (χ0v) is 8.49. The van der Waals surface area contributed by atoms with Gasteiger partial charge >= 0.3 is 5.97 Å². The predicted octanol–water partition coefficient (Wildman–Crippen LogP) is 2.22. The Morgan fingerprint density at radius 1 is 1.44 bits per heavy atom. The van der Waals surface area contributed by atoms with Crippen LogP contribution in [-0.4, -0.2) is 21.3 Å². The number of halogens is 1. The smallest absolute Gasteiger partial charge is 0.353 e. The standard InChI is InChI=1S/C11H9FN2O2/c1-6-2-3-8(12)7(4-6)9-5-10(11(15)16)14-13-9/h2-5H,1H3,(H,13,14)(H,15,16). The topological polar surface area (TPSA) is 66.0 Å². The number of hydrogen-bond donors (Lipinski definition) is 2. The first-order chi connectivity index (χ1) is 7.58. The minimum absolute atomic E-state index is 0.0593. The first-order valence-corrected chi connectivity index (χ1v) is 4.63. The highest BCUT2D eigenvalue weighted by atomic mass is 19.1. The van der Waals surface area contributed by atoms with Crippen molar-refractivity contribution in [2.45, 2.75) is 6.92 Å². The minimum Gasteiger partial charge on any atom is -0.477 e. The van der Waals surface area contributed by atoms with E-state index < -0.39 is 11.8 Å². The van der Waals surface area contributed by atoms with Crippen LogP contribution in [0.2, 0.25) is 0 Å². The largest absolute Gasteiger partial charge is 0.477 e. The van der Waals surface area contributed by atoms with Gasteiger partial charge in [-0.1, -0.05) is 11.6 Å². The van der Waals surface area contributed by atoms with Crippen LogP contribution in [0.4, 0.5) is 4.39 Å². The van der Waals surface area contributed by atoms with Gasteiger partial charge in [0.05, 0.1) is 5.69 Å². The van der Waals surface area contributed by atoms with Gasteiger partial charge in [-0.3, -0.25) is 5.10 Å². The number of aromatic nitrogens is 2. The molecular formula is C11H9FN2O2. The molecule has 0 bridgehead atoms. The molecule has 0 aliphatic carbocycles. The lowest BCUT2D eigenvalue weighted by Gasteiger charge is -1.99. The van der Waals surface area contributed by atoms with Crippen molar-refractivity contribution in [3.05, 3.63) is 41.3 Å². The molecule has 0 fully saturated rings. The molecule has 2 aromatic rings. The van der Waals surface area contributed by atoms with Crippen LogP contribution in [0.15, 0.2) is 24.3 Å². The Morgan fingerprint density at radius 2 is 2.19 bits per heavy atom. The van der Waals surface area contributed by atoms with Crippen molar-refractivity contribution in [1.29, 1.82) is 0 Å². The molecule has 16 heavy (non-hydrogen) atoms. The fraction of sp³-hybridized carbons (Fsp3) is 0.0909. The summed E-state index contributed by atoms with van der Waals surface area (Å²) in [5.41, 5.74) is 1.41.